The Morgan fingerprint density at radius 2 is 1.57 bits per heavy atom. The van der Waals surface area contributed by atoms with Gasteiger partial charge in [-0.25, -0.2) is 12.1 Å². The van der Waals surface area contributed by atoms with Gasteiger partial charge in [-0.1, -0.05) is 6.92 Å². The van der Waals surface area contributed by atoms with E-state index < -0.39 is 0 Å². The molecule has 0 saturated heterocycles. The predicted octanol–water partition coefficient (Wildman–Crippen LogP) is 3.84. The van der Waals surface area contributed by atoms with E-state index in [0.29, 0.717) is 0 Å². The van der Waals surface area contributed by atoms with Crippen LogP contribution >= 0.6 is 0 Å². The summed E-state index contributed by atoms with van der Waals surface area (Å²) in [5, 5.41) is 0. The van der Waals surface area contributed by atoms with Gasteiger partial charge in [0.1, 0.15) is 0 Å². The van der Waals surface area contributed by atoms with Crippen molar-refractivity contribution in [1.82, 2.24) is 0 Å². The van der Waals surface area contributed by atoms with Crippen LogP contribution in [-0.2, 0) is 16.5 Å². The number of hydrogen-bond acceptors (Lipinski definition) is 0. The summed E-state index contributed by atoms with van der Waals surface area (Å²) in [6.07, 6.45) is 4.12. The zero-order chi connectivity index (χ0) is 9.36. The molecule has 0 spiro atoms. The number of rotatable bonds is 1. The molecule has 2 aromatic rings. The van der Waals surface area contributed by atoms with Crippen molar-refractivity contribution in [3.05, 3.63) is 66.2 Å². The molecular formula is C13H14Ni. The van der Waals surface area contributed by atoms with Crippen molar-refractivity contribution in [2.24, 2.45) is 0 Å². The van der Waals surface area contributed by atoms with E-state index in [1.807, 2.05) is 55.5 Å². The van der Waals surface area contributed by atoms with Crippen molar-refractivity contribution in [3.8, 4) is 0 Å². The van der Waals surface area contributed by atoms with Gasteiger partial charge in [0.05, 0.1) is 0 Å². The third-order valence-electron chi connectivity index (χ3n) is 1.60. The van der Waals surface area contributed by atoms with Crippen molar-refractivity contribution in [3.63, 3.8) is 0 Å². The van der Waals surface area contributed by atoms with Crippen LogP contribution in [0.2, 0.25) is 0 Å². The second kappa shape index (κ2) is 8.53. The SMILES string of the molecule is CC=C[c-]1cccc1.[Ni+2].c1cc[cH-]c1. The first-order chi connectivity index (χ1) is 6.43. The molecule has 2 aromatic carbocycles. The molecule has 2 rings (SSSR count). The van der Waals surface area contributed by atoms with Gasteiger partial charge in [-0.2, -0.15) is 36.4 Å². The standard InChI is InChI=1S/C8H9.C5H5.Ni/c1-2-5-8-6-3-4-7-8;1-2-4-5-3-1;/h2-7H,1H3;1-5H;/q2*-1;+2. The van der Waals surface area contributed by atoms with Gasteiger partial charge in [0.2, 0.25) is 0 Å². The van der Waals surface area contributed by atoms with E-state index in [2.05, 4.69) is 18.2 Å². The fourth-order valence-corrected chi connectivity index (χ4v) is 1.01. The molecule has 14 heavy (non-hydrogen) atoms. The minimum Gasteiger partial charge on any atom is -0.214 e. The average Bonchev–Trinajstić information content (AvgIpc) is 2.79. The molecule has 76 valence electrons. The Hall–Kier alpha value is -1.07. The van der Waals surface area contributed by atoms with E-state index in [9.17, 15) is 0 Å². The molecule has 0 unspecified atom stereocenters. The van der Waals surface area contributed by atoms with Crippen LogP contribution in [0.3, 0.4) is 0 Å². The monoisotopic (exact) mass is 228 g/mol. The largest absolute Gasteiger partial charge is 2.00 e. The Balaban J connectivity index is 0.000000246. The topological polar surface area (TPSA) is 0 Å². The predicted molar refractivity (Wildman–Crippen MR) is 58.8 cm³/mol. The summed E-state index contributed by atoms with van der Waals surface area (Å²) in [5.41, 5.74) is 1.28. The van der Waals surface area contributed by atoms with Gasteiger partial charge < -0.3 is 0 Å². The molecule has 1 heteroatoms. The van der Waals surface area contributed by atoms with Crippen LogP contribution in [0.25, 0.3) is 6.08 Å². The third-order valence-corrected chi connectivity index (χ3v) is 1.60. The Morgan fingerprint density at radius 3 is 1.93 bits per heavy atom. The summed E-state index contributed by atoms with van der Waals surface area (Å²) in [4.78, 5) is 0. The maximum Gasteiger partial charge on any atom is 2.00 e. The second-order valence-corrected chi connectivity index (χ2v) is 2.68. The van der Waals surface area contributed by atoms with Crippen LogP contribution in [-0.4, -0.2) is 0 Å². The van der Waals surface area contributed by atoms with E-state index in [1.165, 1.54) is 5.56 Å². The minimum absolute atomic E-state index is 0. The molecule has 0 N–H and O–H groups in total. The molecule has 0 heterocycles. The minimum atomic E-state index is 0. The summed E-state index contributed by atoms with van der Waals surface area (Å²) < 4.78 is 0. The molecular weight excluding hydrogens is 215 g/mol. The molecule has 0 aliphatic rings. The van der Waals surface area contributed by atoms with Gasteiger partial charge in [0, 0.05) is 0 Å². The van der Waals surface area contributed by atoms with Crippen molar-refractivity contribution >= 4 is 6.08 Å². The van der Waals surface area contributed by atoms with Gasteiger partial charge in [0.25, 0.3) is 0 Å². The van der Waals surface area contributed by atoms with Crippen LogP contribution < -0.4 is 0 Å². The quantitative estimate of drug-likeness (QED) is 0.514. The van der Waals surface area contributed by atoms with Crippen molar-refractivity contribution in [1.29, 1.82) is 0 Å². The first kappa shape index (κ1) is 12.9. The molecule has 0 bridgehead atoms. The maximum absolute atomic E-state index is 2.08. The Bertz CT molecular complexity index is 284. The maximum atomic E-state index is 2.08. The molecule has 0 fully saturated rings. The molecule has 0 aliphatic carbocycles. The molecule has 0 radical (unpaired) electrons. The van der Waals surface area contributed by atoms with Gasteiger partial charge in [-0.05, 0) is 0 Å². The second-order valence-electron chi connectivity index (χ2n) is 2.68. The number of hydrogen-bond donors (Lipinski definition) is 0. The summed E-state index contributed by atoms with van der Waals surface area (Å²) >= 11 is 0. The smallest absolute Gasteiger partial charge is 0.214 e. The molecule has 0 atom stereocenters. The van der Waals surface area contributed by atoms with E-state index in [0.717, 1.165) is 0 Å². The van der Waals surface area contributed by atoms with Gasteiger partial charge in [-0.3, -0.25) is 0 Å². The summed E-state index contributed by atoms with van der Waals surface area (Å²) in [6.45, 7) is 2.02. The molecule has 0 aromatic heterocycles. The van der Waals surface area contributed by atoms with Crippen LogP contribution in [0.15, 0.2) is 60.7 Å². The third kappa shape index (κ3) is 5.56. The first-order valence-corrected chi connectivity index (χ1v) is 4.44. The van der Waals surface area contributed by atoms with E-state index >= 15 is 0 Å². The Labute approximate surface area is 95.9 Å². The summed E-state index contributed by atoms with van der Waals surface area (Å²) in [7, 11) is 0. The Kier molecular flexibility index (Phi) is 7.88. The van der Waals surface area contributed by atoms with Crippen molar-refractivity contribution in [2.75, 3.05) is 0 Å². The van der Waals surface area contributed by atoms with E-state index in [-0.39, 0.29) is 16.5 Å². The average molecular weight is 229 g/mol. The Morgan fingerprint density at radius 1 is 1.00 bits per heavy atom. The summed E-state index contributed by atoms with van der Waals surface area (Å²) in [6, 6.07) is 18.2. The zero-order valence-electron chi connectivity index (χ0n) is 8.17. The van der Waals surface area contributed by atoms with Gasteiger partial charge in [0.15, 0.2) is 0 Å². The zero-order valence-corrected chi connectivity index (χ0v) is 9.15. The van der Waals surface area contributed by atoms with Gasteiger partial charge in [-0.15, -0.1) is 23.8 Å². The van der Waals surface area contributed by atoms with Crippen LogP contribution in [0, 0.1) is 0 Å². The fraction of sp³-hybridized carbons (Fsp3) is 0.0769. The summed E-state index contributed by atoms with van der Waals surface area (Å²) in [5.74, 6) is 0. The fourth-order valence-electron chi connectivity index (χ4n) is 1.01. The van der Waals surface area contributed by atoms with Crippen LogP contribution in [0.5, 0.6) is 0 Å². The number of allylic oxidation sites excluding steroid dienone is 1. The van der Waals surface area contributed by atoms with E-state index in [4.69, 9.17) is 0 Å². The van der Waals surface area contributed by atoms with Crippen molar-refractivity contribution in [2.45, 2.75) is 6.92 Å². The van der Waals surface area contributed by atoms with Crippen LogP contribution in [0.4, 0.5) is 0 Å². The van der Waals surface area contributed by atoms with Crippen LogP contribution in [0.1, 0.15) is 12.5 Å². The van der Waals surface area contributed by atoms with Gasteiger partial charge >= 0.3 is 16.5 Å². The molecule has 0 saturated carbocycles. The van der Waals surface area contributed by atoms with Crippen molar-refractivity contribution < 1.29 is 16.5 Å². The normalized spacial score (nSPS) is 8.93. The van der Waals surface area contributed by atoms with E-state index in [1.54, 1.807) is 0 Å². The molecule has 0 nitrogen and oxygen atoms in total. The first-order valence-electron chi connectivity index (χ1n) is 4.44. The molecule has 0 aliphatic heterocycles. The molecule has 0 amide bonds.